The fourth-order valence-electron chi connectivity index (χ4n) is 5.09. The molecule has 1 saturated heterocycles. The van der Waals surface area contributed by atoms with Gasteiger partial charge in [0, 0.05) is 48.9 Å². The summed E-state index contributed by atoms with van der Waals surface area (Å²) >= 11 is 0. The Morgan fingerprint density at radius 1 is 1.17 bits per heavy atom. The molecule has 10 heteroatoms. The molecule has 0 saturated carbocycles. The number of pyridine rings is 1. The molecule has 3 aliphatic rings. The molecule has 35 heavy (non-hydrogen) atoms. The van der Waals surface area contributed by atoms with Gasteiger partial charge >= 0.3 is 0 Å². The second-order valence-electron chi connectivity index (χ2n) is 9.33. The van der Waals surface area contributed by atoms with Gasteiger partial charge in [-0.15, -0.1) is 0 Å². The number of hydrogen-bond donors (Lipinski definition) is 2. The van der Waals surface area contributed by atoms with Gasteiger partial charge in [-0.05, 0) is 50.3 Å². The number of piperidine rings is 1. The van der Waals surface area contributed by atoms with Crippen LogP contribution in [0.2, 0.25) is 0 Å². The molecule has 3 aromatic rings. The van der Waals surface area contributed by atoms with Crippen molar-refractivity contribution in [2.45, 2.75) is 57.3 Å². The fraction of sp³-hybridized carbons (Fsp3) is 0.480. The van der Waals surface area contributed by atoms with Crippen LogP contribution in [0.15, 0.2) is 42.7 Å². The van der Waals surface area contributed by atoms with Crippen LogP contribution in [0.25, 0.3) is 10.9 Å². The van der Waals surface area contributed by atoms with E-state index in [1.165, 1.54) is 15.4 Å². The van der Waals surface area contributed by atoms with Gasteiger partial charge in [-0.25, -0.2) is 33.2 Å². The Kier molecular flexibility index (Phi) is 7.08. The van der Waals surface area contributed by atoms with E-state index in [9.17, 15) is 13.6 Å². The Labute approximate surface area is 205 Å². The summed E-state index contributed by atoms with van der Waals surface area (Å²) in [6, 6.07) is 9.32. The number of hydrogen-bond acceptors (Lipinski definition) is 8. The van der Waals surface area contributed by atoms with Crippen molar-refractivity contribution in [3.63, 3.8) is 0 Å². The van der Waals surface area contributed by atoms with Gasteiger partial charge in [0.05, 0.1) is 23.1 Å². The number of sulfonamides is 1. The zero-order valence-electron chi connectivity index (χ0n) is 19.8. The average Bonchev–Trinajstić information content (AvgIpc) is 2.89. The molecule has 9 nitrogen and oxygen atoms in total. The van der Waals surface area contributed by atoms with Crippen LogP contribution >= 0.6 is 0 Å². The molecule has 6 rings (SSSR count). The van der Waals surface area contributed by atoms with Gasteiger partial charge in [0.1, 0.15) is 11.9 Å². The maximum atomic E-state index is 13.0. The van der Waals surface area contributed by atoms with E-state index in [0.29, 0.717) is 51.0 Å². The van der Waals surface area contributed by atoms with E-state index in [2.05, 4.69) is 28.4 Å². The Bertz CT molecular complexity index is 1280. The van der Waals surface area contributed by atoms with Gasteiger partial charge in [0.2, 0.25) is 10.0 Å². The minimum absolute atomic E-state index is 0.0114. The number of ether oxygens (including phenoxy) is 1. The van der Waals surface area contributed by atoms with Crippen LogP contribution in [-0.4, -0.2) is 63.9 Å². The van der Waals surface area contributed by atoms with Crippen molar-refractivity contribution in [3.05, 3.63) is 65.4 Å². The third-order valence-corrected chi connectivity index (χ3v) is 9.00. The highest BCUT2D eigenvalue weighted by Gasteiger charge is 2.38. The van der Waals surface area contributed by atoms with Gasteiger partial charge < -0.3 is 9.94 Å². The van der Waals surface area contributed by atoms with E-state index in [1.807, 2.05) is 18.2 Å². The average molecular weight is 498 g/mol. The van der Waals surface area contributed by atoms with Gasteiger partial charge in [-0.1, -0.05) is 18.2 Å². The number of nitrogens with zero attached hydrogens (tertiary/aromatic N) is 4. The molecular formula is C25H31N5O4S. The summed E-state index contributed by atoms with van der Waals surface area (Å²) in [6.45, 7) is 2.91. The van der Waals surface area contributed by atoms with Gasteiger partial charge in [-0.2, -0.15) is 0 Å². The first-order valence-electron chi connectivity index (χ1n) is 12.1. The van der Waals surface area contributed by atoms with Crippen molar-refractivity contribution in [1.29, 1.82) is 0 Å². The van der Waals surface area contributed by atoms with Crippen LogP contribution in [0.4, 0.5) is 0 Å². The number of nitrogens with one attached hydrogen (secondary N) is 1. The highest BCUT2D eigenvalue weighted by Crippen LogP contribution is 2.45. The van der Waals surface area contributed by atoms with E-state index in [4.69, 9.17) is 9.72 Å². The summed E-state index contributed by atoms with van der Waals surface area (Å²) in [5.41, 5.74) is 6.56. The number of hydroxylamine groups is 1. The molecule has 1 aliphatic carbocycles. The molecule has 2 atom stereocenters. The lowest BCUT2D eigenvalue weighted by atomic mass is 9.83. The van der Waals surface area contributed by atoms with Crippen molar-refractivity contribution in [3.8, 4) is 0 Å². The molecule has 1 aromatic carbocycles. The molecule has 2 aliphatic heterocycles. The topological polar surface area (TPSA) is 118 Å². The van der Waals surface area contributed by atoms with Crippen LogP contribution < -0.4 is 5.48 Å². The second-order valence-corrected chi connectivity index (χ2v) is 11.3. The van der Waals surface area contributed by atoms with E-state index in [-0.39, 0.29) is 18.0 Å². The van der Waals surface area contributed by atoms with Gasteiger partial charge in [0.25, 0.3) is 0 Å². The quantitative estimate of drug-likeness (QED) is 0.411. The van der Waals surface area contributed by atoms with Crippen molar-refractivity contribution < 1.29 is 18.4 Å². The zero-order valence-corrected chi connectivity index (χ0v) is 20.6. The molecule has 2 unspecified atom stereocenters. The Hall–Kier alpha value is -2.50. The number of rotatable bonds is 10. The Morgan fingerprint density at radius 2 is 1.91 bits per heavy atom. The molecule has 2 aromatic heterocycles. The highest BCUT2D eigenvalue weighted by atomic mass is 32.2. The number of aromatic nitrogens is 3. The van der Waals surface area contributed by atoms with E-state index in [0.717, 1.165) is 16.6 Å². The Balaban J connectivity index is 1.12. The smallest absolute Gasteiger partial charge is 0.215 e. The molecular weight excluding hydrogens is 466 g/mol. The summed E-state index contributed by atoms with van der Waals surface area (Å²) < 4.78 is 33.9. The minimum atomic E-state index is -3.51. The minimum Gasteiger partial charge on any atom is -0.364 e. The monoisotopic (exact) mass is 497 g/mol. The van der Waals surface area contributed by atoms with Crippen molar-refractivity contribution in [1.82, 2.24) is 24.7 Å². The lowest BCUT2D eigenvalue weighted by molar-refractivity contribution is -0.0249. The van der Waals surface area contributed by atoms with Gasteiger partial charge in [0.15, 0.2) is 0 Å². The third-order valence-electron chi connectivity index (χ3n) is 7.02. The molecule has 0 spiro atoms. The molecule has 2 bridgehead atoms. The van der Waals surface area contributed by atoms with Crippen LogP contribution in [0.1, 0.15) is 54.4 Å². The standard InChI is InChI=1S/C25H31N5O4S/c1-17-23-20-7-2-3-8-21(20)28-24(17)25(23)34-19-10-14-30(15-11-19)35(32,33)16-18(29-31)6-4-9-22-26-12-5-13-27-22/h2-3,5,7-8,12-13,18-19,25,29,31H,4,6,9-11,14-16H2,1H3. The SMILES string of the molecule is CC1=C2c3ccccc3N=C1C2OC1CCN(S(=O)(=O)CC(CCCc2ncccn2)NO)CC1. The Morgan fingerprint density at radius 3 is 2.66 bits per heavy atom. The van der Waals surface area contributed by atoms with Crippen molar-refractivity contribution in [2.75, 3.05) is 18.8 Å². The molecule has 2 N–H and O–H groups in total. The maximum Gasteiger partial charge on any atom is 0.215 e. The van der Waals surface area contributed by atoms with Gasteiger partial charge in [-0.3, -0.25) is 0 Å². The second kappa shape index (κ2) is 10.2. The highest BCUT2D eigenvalue weighted by molar-refractivity contribution is 7.89. The predicted molar refractivity (Wildman–Crippen MR) is 131 cm³/mol. The van der Waals surface area contributed by atoms with Crippen molar-refractivity contribution >= 4 is 20.9 Å². The third kappa shape index (κ3) is 5.07. The first kappa shape index (κ1) is 24.2. The molecule has 186 valence electrons. The number of para-hydroxylation sites is 1. The number of benzene rings is 1. The maximum absolute atomic E-state index is 13.0. The summed E-state index contributed by atoms with van der Waals surface area (Å²) in [5, 5.41) is 10.7. The fourth-order valence-corrected chi connectivity index (χ4v) is 6.81. The molecule has 0 radical (unpaired) electrons. The normalized spacial score (nSPS) is 19.5. The lowest BCUT2D eigenvalue weighted by Crippen LogP contribution is -2.46. The summed E-state index contributed by atoms with van der Waals surface area (Å²) in [5.74, 6) is 0.567. The lowest BCUT2D eigenvalue weighted by Gasteiger charge is -2.38. The van der Waals surface area contributed by atoms with Crippen LogP contribution in [-0.2, 0) is 21.2 Å². The van der Waals surface area contributed by atoms with Crippen LogP contribution in [0.3, 0.4) is 0 Å². The number of aryl methyl sites for hydroxylation is 2. The predicted octanol–water partition coefficient (Wildman–Crippen LogP) is 2.92. The first-order chi connectivity index (χ1) is 17.0. The first-order valence-corrected chi connectivity index (χ1v) is 13.7. The van der Waals surface area contributed by atoms with Crippen LogP contribution in [0, 0.1) is 6.92 Å². The summed E-state index contributed by atoms with van der Waals surface area (Å²) in [4.78, 5) is 13.1. The summed E-state index contributed by atoms with van der Waals surface area (Å²) in [6.07, 6.45) is 6.34. The van der Waals surface area contributed by atoms with Crippen LogP contribution in [0.5, 0.6) is 0 Å². The summed E-state index contributed by atoms with van der Waals surface area (Å²) in [7, 11) is -3.51. The van der Waals surface area contributed by atoms with E-state index in [1.54, 1.807) is 18.5 Å². The zero-order chi connectivity index (χ0) is 24.4. The van der Waals surface area contributed by atoms with E-state index >= 15 is 0 Å². The molecule has 1 fully saturated rings. The largest absolute Gasteiger partial charge is 0.364 e. The van der Waals surface area contributed by atoms with E-state index < -0.39 is 16.1 Å². The molecule has 4 heterocycles. The molecule has 0 amide bonds. The van der Waals surface area contributed by atoms with Crippen molar-refractivity contribution in [2.24, 2.45) is 0 Å².